The largest absolute Gasteiger partial charge is 0.455 e. The molecule has 10 aromatic rings. The summed E-state index contributed by atoms with van der Waals surface area (Å²) in [5.74, 6) is 0. The summed E-state index contributed by atoms with van der Waals surface area (Å²) in [5.41, 5.74) is 12.1. The summed E-state index contributed by atoms with van der Waals surface area (Å²) in [6.07, 6.45) is 0. The Morgan fingerprint density at radius 2 is 0.923 bits per heavy atom. The maximum atomic E-state index is 6.50. The van der Waals surface area contributed by atoms with Gasteiger partial charge in [-0.1, -0.05) is 152 Å². The number of para-hydroxylation sites is 2. The van der Waals surface area contributed by atoms with Crippen molar-refractivity contribution in [3.8, 4) is 33.4 Å². The van der Waals surface area contributed by atoms with Gasteiger partial charge >= 0.3 is 0 Å². The lowest BCUT2D eigenvalue weighted by atomic mass is 9.97. The van der Waals surface area contributed by atoms with Gasteiger partial charge in [-0.25, -0.2) is 0 Å². The molecule has 0 saturated heterocycles. The average molecular weight is 664 g/mol. The minimum Gasteiger partial charge on any atom is -0.455 e. The molecule has 0 spiro atoms. The summed E-state index contributed by atoms with van der Waals surface area (Å²) in [6.45, 7) is 0. The van der Waals surface area contributed by atoms with Crippen molar-refractivity contribution in [1.82, 2.24) is 0 Å². The molecule has 0 aliphatic carbocycles. The van der Waals surface area contributed by atoms with Crippen molar-refractivity contribution in [1.29, 1.82) is 0 Å². The third-order valence-electron chi connectivity index (χ3n) is 10.3. The Balaban J connectivity index is 1.15. The standard InChI is InChI=1S/C50H33NO/c1-2-13-36(14-3-1)42-17-8-10-20-47(42)51(41-28-24-35(25-29-41)39-23-22-34-12-4-5-16-38(34)32-39)48-21-11-9-18-43(48)40-27-31-49-46(33-40)45-30-26-37-15-6-7-19-44(37)50(45)52-49/h1-33H. The fourth-order valence-electron chi connectivity index (χ4n) is 7.69. The normalized spacial score (nSPS) is 11.5. The van der Waals surface area contributed by atoms with E-state index in [2.05, 4.69) is 205 Å². The Hall–Kier alpha value is -6.90. The minimum atomic E-state index is 0.892. The summed E-state index contributed by atoms with van der Waals surface area (Å²) in [7, 11) is 0. The third kappa shape index (κ3) is 5.12. The molecule has 2 nitrogen and oxygen atoms in total. The Kier molecular flexibility index (Phi) is 7.18. The Labute approximate surface area is 302 Å². The summed E-state index contributed by atoms with van der Waals surface area (Å²) in [4.78, 5) is 2.41. The molecule has 2 heteroatoms. The van der Waals surface area contributed by atoms with Gasteiger partial charge in [0.15, 0.2) is 0 Å². The molecule has 1 heterocycles. The highest BCUT2D eigenvalue weighted by Crippen LogP contribution is 2.46. The van der Waals surface area contributed by atoms with Crippen molar-refractivity contribution < 1.29 is 4.42 Å². The number of furan rings is 1. The highest BCUT2D eigenvalue weighted by molar-refractivity contribution is 6.15. The molecular formula is C50H33NO. The Morgan fingerprint density at radius 1 is 0.327 bits per heavy atom. The highest BCUT2D eigenvalue weighted by Gasteiger charge is 2.21. The lowest BCUT2D eigenvalue weighted by Gasteiger charge is -2.30. The van der Waals surface area contributed by atoms with Gasteiger partial charge in [0.2, 0.25) is 0 Å². The molecule has 10 rings (SSSR count). The van der Waals surface area contributed by atoms with E-state index in [0.29, 0.717) is 0 Å². The molecule has 0 unspecified atom stereocenters. The van der Waals surface area contributed by atoms with Crippen LogP contribution in [0.25, 0.3) is 76.9 Å². The lowest BCUT2D eigenvalue weighted by molar-refractivity contribution is 0.672. The topological polar surface area (TPSA) is 16.4 Å². The first-order valence-electron chi connectivity index (χ1n) is 17.8. The van der Waals surface area contributed by atoms with Crippen LogP contribution in [0.1, 0.15) is 0 Å². The molecule has 0 fully saturated rings. The first-order valence-corrected chi connectivity index (χ1v) is 17.8. The second-order valence-electron chi connectivity index (χ2n) is 13.3. The van der Waals surface area contributed by atoms with E-state index in [-0.39, 0.29) is 0 Å². The molecular weight excluding hydrogens is 631 g/mol. The number of benzene rings is 9. The van der Waals surface area contributed by atoms with Crippen LogP contribution < -0.4 is 4.90 Å². The second kappa shape index (κ2) is 12.5. The van der Waals surface area contributed by atoms with Crippen LogP contribution in [0.5, 0.6) is 0 Å². The van der Waals surface area contributed by atoms with Gasteiger partial charge in [-0.05, 0) is 86.9 Å². The van der Waals surface area contributed by atoms with Crippen molar-refractivity contribution in [3.05, 3.63) is 200 Å². The van der Waals surface area contributed by atoms with Crippen LogP contribution in [0, 0.1) is 0 Å². The first kappa shape index (κ1) is 30.0. The number of rotatable bonds is 6. The van der Waals surface area contributed by atoms with Gasteiger partial charge in [-0.15, -0.1) is 0 Å². The second-order valence-corrected chi connectivity index (χ2v) is 13.3. The van der Waals surface area contributed by atoms with Crippen molar-refractivity contribution >= 4 is 60.5 Å². The fraction of sp³-hybridized carbons (Fsp3) is 0. The zero-order valence-corrected chi connectivity index (χ0v) is 28.4. The molecule has 0 aliphatic rings. The maximum Gasteiger partial charge on any atom is 0.143 e. The van der Waals surface area contributed by atoms with Crippen molar-refractivity contribution in [2.24, 2.45) is 0 Å². The molecule has 0 N–H and O–H groups in total. The quantitative estimate of drug-likeness (QED) is 0.176. The molecule has 0 atom stereocenters. The Morgan fingerprint density at radius 3 is 1.71 bits per heavy atom. The first-order chi connectivity index (χ1) is 25.8. The molecule has 9 aromatic carbocycles. The van der Waals surface area contributed by atoms with E-state index >= 15 is 0 Å². The van der Waals surface area contributed by atoms with Gasteiger partial charge in [-0.3, -0.25) is 0 Å². The number of anilines is 3. The molecule has 244 valence electrons. The molecule has 1 aromatic heterocycles. The fourth-order valence-corrected chi connectivity index (χ4v) is 7.69. The van der Waals surface area contributed by atoms with Crippen molar-refractivity contribution in [3.63, 3.8) is 0 Å². The van der Waals surface area contributed by atoms with E-state index in [1.165, 1.54) is 38.4 Å². The van der Waals surface area contributed by atoms with Gasteiger partial charge in [0.05, 0.1) is 11.4 Å². The van der Waals surface area contributed by atoms with Gasteiger partial charge in [0.1, 0.15) is 11.2 Å². The lowest BCUT2D eigenvalue weighted by Crippen LogP contribution is -2.12. The summed E-state index contributed by atoms with van der Waals surface area (Å²) in [6, 6.07) is 71.8. The SMILES string of the molecule is c1ccc(-c2ccccc2N(c2ccc(-c3ccc4ccccc4c3)cc2)c2ccccc2-c2ccc3oc4c5ccccc5ccc4c3c2)cc1. The third-order valence-corrected chi connectivity index (χ3v) is 10.3. The number of hydrogen-bond acceptors (Lipinski definition) is 2. The van der Waals surface area contributed by atoms with E-state index in [9.17, 15) is 0 Å². The molecule has 52 heavy (non-hydrogen) atoms. The molecule has 0 aliphatic heterocycles. The predicted molar refractivity (Wildman–Crippen MR) is 220 cm³/mol. The maximum absolute atomic E-state index is 6.50. The highest BCUT2D eigenvalue weighted by atomic mass is 16.3. The molecule has 0 saturated carbocycles. The number of fused-ring (bicyclic) bond motifs is 6. The van der Waals surface area contributed by atoms with E-state index in [4.69, 9.17) is 4.42 Å². The van der Waals surface area contributed by atoms with Gasteiger partial charge in [0, 0.05) is 33.0 Å². The average Bonchev–Trinajstić information content (AvgIpc) is 3.60. The zero-order valence-electron chi connectivity index (χ0n) is 28.4. The molecule has 0 bridgehead atoms. The Bertz CT molecular complexity index is 2900. The number of hydrogen-bond donors (Lipinski definition) is 0. The van der Waals surface area contributed by atoms with E-state index < -0.39 is 0 Å². The number of nitrogens with zero attached hydrogens (tertiary/aromatic N) is 1. The van der Waals surface area contributed by atoms with Crippen LogP contribution in [0.15, 0.2) is 205 Å². The smallest absolute Gasteiger partial charge is 0.143 e. The van der Waals surface area contributed by atoms with Crippen LogP contribution in [0.4, 0.5) is 17.1 Å². The molecule has 0 amide bonds. The molecule has 0 radical (unpaired) electrons. The van der Waals surface area contributed by atoms with Crippen LogP contribution in [-0.4, -0.2) is 0 Å². The van der Waals surface area contributed by atoms with Crippen LogP contribution in [0.2, 0.25) is 0 Å². The minimum absolute atomic E-state index is 0.892. The van der Waals surface area contributed by atoms with Crippen molar-refractivity contribution in [2.75, 3.05) is 4.90 Å². The van der Waals surface area contributed by atoms with Gasteiger partial charge in [0.25, 0.3) is 0 Å². The van der Waals surface area contributed by atoms with Gasteiger partial charge in [-0.2, -0.15) is 0 Å². The van der Waals surface area contributed by atoms with Crippen LogP contribution >= 0.6 is 0 Å². The monoisotopic (exact) mass is 663 g/mol. The predicted octanol–water partition coefficient (Wildman–Crippen LogP) is 14.4. The summed E-state index contributed by atoms with van der Waals surface area (Å²) >= 11 is 0. The van der Waals surface area contributed by atoms with Crippen LogP contribution in [0.3, 0.4) is 0 Å². The summed E-state index contributed by atoms with van der Waals surface area (Å²) < 4.78 is 6.50. The van der Waals surface area contributed by atoms with Crippen LogP contribution in [-0.2, 0) is 0 Å². The zero-order chi connectivity index (χ0) is 34.4. The van der Waals surface area contributed by atoms with Crippen molar-refractivity contribution in [2.45, 2.75) is 0 Å². The van der Waals surface area contributed by atoms with E-state index in [1.807, 2.05) is 0 Å². The van der Waals surface area contributed by atoms with E-state index in [0.717, 1.165) is 55.5 Å². The summed E-state index contributed by atoms with van der Waals surface area (Å²) in [5, 5.41) is 7.05. The van der Waals surface area contributed by atoms with Gasteiger partial charge < -0.3 is 9.32 Å². The van der Waals surface area contributed by atoms with E-state index in [1.54, 1.807) is 0 Å².